The molecule has 1 fully saturated rings. The van der Waals surface area contributed by atoms with Crippen LogP contribution in [0, 0.1) is 0 Å². The van der Waals surface area contributed by atoms with Gasteiger partial charge in [-0.15, -0.1) is 0 Å². The van der Waals surface area contributed by atoms with Crippen LogP contribution in [0.1, 0.15) is 18.4 Å². The van der Waals surface area contributed by atoms with Gasteiger partial charge in [0, 0.05) is 13.2 Å². The molecule has 2 rings (SSSR count). The Labute approximate surface area is 101 Å². The molecule has 0 aromatic heterocycles. The molecule has 1 aliphatic rings. The number of hydrogen-bond acceptors (Lipinski definition) is 4. The van der Waals surface area contributed by atoms with Gasteiger partial charge >= 0.3 is 0 Å². The highest BCUT2D eigenvalue weighted by Crippen LogP contribution is 2.11. The van der Waals surface area contributed by atoms with Gasteiger partial charge in [-0.05, 0) is 30.5 Å². The summed E-state index contributed by atoms with van der Waals surface area (Å²) in [5, 5.41) is 0. The van der Waals surface area contributed by atoms with Crippen molar-refractivity contribution in [2.75, 3.05) is 20.3 Å². The van der Waals surface area contributed by atoms with Gasteiger partial charge < -0.3 is 14.2 Å². The maximum Gasteiger partial charge on any atom is 0.293 e. The molecule has 1 aromatic rings. The van der Waals surface area contributed by atoms with Crippen LogP contribution in [0.15, 0.2) is 24.3 Å². The minimum atomic E-state index is 0.313. The van der Waals surface area contributed by atoms with E-state index in [0.717, 1.165) is 24.5 Å². The molecule has 4 nitrogen and oxygen atoms in total. The van der Waals surface area contributed by atoms with Crippen molar-refractivity contribution in [3.63, 3.8) is 0 Å². The van der Waals surface area contributed by atoms with Crippen LogP contribution < -0.4 is 4.74 Å². The van der Waals surface area contributed by atoms with Gasteiger partial charge in [0.15, 0.2) is 0 Å². The van der Waals surface area contributed by atoms with E-state index in [1.165, 1.54) is 12.8 Å². The van der Waals surface area contributed by atoms with Crippen LogP contribution in [0.4, 0.5) is 0 Å². The molecule has 1 aliphatic heterocycles. The van der Waals surface area contributed by atoms with E-state index in [1.54, 1.807) is 7.11 Å². The number of methoxy groups -OCH3 is 1. The second-order valence-electron chi connectivity index (χ2n) is 3.57. The predicted octanol–water partition coefficient (Wildman–Crippen LogP) is 2.17. The van der Waals surface area contributed by atoms with E-state index in [9.17, 15) is 4.79 Å². The Bertz CT molecular complexity index is 296. The topological polar surface area (TPSA) is 44.8 Å². The van der Waals surface area contributed by atoms with Crippen LogP contribution >= 0.6 is 0 Å². The largest absolute Gasteiger partial charge is 0.497 e. The third kappa shape index (κ3) is 5.92. The summed E-state index contributed by atoms with van der Waals surface area (Å²) >= 11 is 0. The van der Waals surface area contributed by atoms with Gasteiger partial charge in [-0.1, -0.05) is 12.1 Å². The van der Waals surface area contributed by atoms with Gasteiger partial charge in [0.25, 0.3) is 6.47 Å². The number of carbonyl (C=O) groups excluding carboxylic acids is 1. The summed E-state index contributed by atoms with van der Waals surface area (Å²) in [4.78, 5) is 9.85. The molecule has 0 amide bonds. The Kier molecular flexibility index (Phi) is 6.82. The van der Waals surface area contributed by atoms with Crippen molar-refractivity contribution in [3.05, 3.63) is 29.8 Å². The molecular weight excluding hydrogens is 220 g/mol. The van der Waals surface area contributed by atoms with Crippen molar-refractivity contribution in [2.24, 2.45) is 0 Å². The highest BCUT2D eigenvalue weighted by atomic mass is 16.5. The SMILES string of the molecule is C1CCOC1.COc1ccc(COC=O)cc1. The number of carbonyl (C=O) groups is 1. The first-order valence-corrected chi connectivity index (χ1v) is 5.62. The zero-order chi connectivity index (χ0) is 12.3. The molecule has 0 spiro atoms. The van der Waals surface area contributed by atoms with Crippen LogP contribution in [0.2, 0.25) is 0 Å². The minimum absolute atomic E-state index is 0.313. The van der Waals surface area contributed by atoms with Crippen molar-refractivity contribution in [1.29, 1.82) is 0 Å². The van der Waals surface area contributed by atoms with Crippen LogP contribution in [-0.2, 0) is 20.9 Å². The lowest BCUT2D eigenvalue weighted by Gasteiger charge is -2.01. The molecule has 94 valence electrons. The van der Waals surface area contributed by atoms with Crippen LogP contribution in [0.25, 0.3) is 0 Å². The average Bonchev–Trinajstić information content (AvgIpc) is 2.96. The Morgan fingerprint density at radius 2 is 1.88 bits per heavy atom. The lowest BCUT2D eigenvalue weighted by atomic mass is 10.2. The molecule has 17 heavy (non-hydrogen) atoms. The zero-order valence-corrected chi connectivity index (χ0v) is 10.1. The standard InChI is InChI=1S/C9H10O3.C4H8O/c1-11-9-4-2-8(3-5-9)6-12-7-10;1-2-4-5-3-1/h2-5,7H,6H2,1H3;1-4H2. The van der Waals surface area contributed by atoms with Gasteiger partial charge in [-0.25, -0.2) is 0 Å². The normalized spacial score (nSPS) is 13.5. The first-order chi connectivity index (χ1) is 8.36. The molecular formula is C13H18O4. The molecule has 1 saturated heterocycles. The van der Waals surface area contributed by atoms with Crippen molar-refractivity contribution < 1.29 is 19.0 Å². The summed E-state index contributed by atoms with van der Waals surface area (Å²) < 4.78 is 14.5. The number of rotatable bonds is 4. The summed E-state index contributed by atoms with van der Waals surface area (Å²) in [6.45, 7) is 2.75. The predicted molar refractivity (Wildman–Crippen MR) is 63.9 cm³/mol. The van der Waals surface area contributed by atoms with Gasteiger partial charge in [0.1, 0.15) is 12.4 Å². The quantitative estimate of drug-likeness (QED) is 0.754. The smallest absolute Gasteiger partial charge is 0.293 e. The first kappa shape index (κ1) is 13.5. The van der Waals surface area contributed by atoms with Gasteiger partial charge in [-0.2, -0.15) is 0 Å². The van der Waals surface area contributed by atoms with E-state index in [4.69, 9.17) is 9.47 Å². The lowest BCUT2D eigenvalue weighted by molar-refractivity contribution is -0.129. The molecule has 0 atom stereocenters. The molecule has 1 heterocycles. The first-order valence-electron chi connectivity index (χ1n) is 5.62. The van der Waals surface area contributed by atoms with Crippen molar-refractivity contribution in [1.82, 2.24) is 0 Å². The molecule has 0 N–H and O–H groups in total. The van der Waals surface area contributed by atoms with E-state index >= 15 is 0 Å². The molecule has 0 bridgehead atoms. The fraction of sp³-hybridized carbons (Fsp3) is 0.462. The summed E-state index contributed by atoms with van der Waals surface area (Å²) in [5.41, 5.74) is 0.947. The number of hydrogen-bond donors (Lipinski definition) is 0. The Morgan fingerprint density at radius 1 is 1.24 bits per heavy atom. The summed E-state index contributed by atoms with van der Waals surface area (Å²) in [6, 6.07) is 7.34. The molecule has 4 heteroatoms. The fourth-order valence-corrected chi connectivity index (χ4v) is 1.36. The molecule has 0 radical (unpaired) electrons. The third-order valence-electron chi connectivity index (χ3n) is 2.30. The average molecular weight is 238 g/mol. The fourth-order valence-electron chi connectivity index (χ4n) is 1.36. The molecule has 0 unspecified atom stereocenters. The number of benzene rings is 1. The van der Waals surface area contributed by atoms with E-state index < -0.39 is 0 Å². The van der Waals surface area contributed by atoms with Crippen molar-refractivity contribution >= 4 is 6.47 Å². The maximum absolute atomic E-state index is 9.85. The highest BCUT2D eigenvalue weighted by Gasteiger charge is 1.95. The highest BCUT2D eigenvalue weighted by molar-refractivity contribution is 5.37. The monoisotopic (exact) mass is 238 g/mol. The zero-order valence-electron chi connectivity index (χ0n) is 10.1. The van der Waals surface area contributed by atoms with Crippen LogP contribution in [-0.4, -0.2) is 26.8 Å². The molecule has 0 saturated carbocycles. The Hall–Kier alpha value is -1.55. The van der Waals surface area contributed by atoms with Gasteiger partial charge in [0.05, 0.1) is 7.11 Å². The molecule has 0 aliphatic carbocycles. The second kappa shape index (κ2) is 8.58. The minimum Gasteiger partial charge on any atom is -0.497 e. The summed E-state index contributed by atoms with van der Waals surface area (Å²) in [6.07, 6.45) is 2.56. The molecule has 1 aromatic carbocycles. The number of ether oxygens (including phenoxy) is 3. The van der Waals surface area contributed by atoms with E-state index in [-0.39, 0.29) is 0 Å². The van der Waals surface area contributed by atoms with Crippen LogP contribution in [0.5, 0.6) is 5.75 Å². The summed E-state index contributed by atoms with van der Waals surface area (Å²) in [5.74, 6) is 0.796. The Balaban J connectivity index is 0.000000239. The lowest BCUT2D eigenvalue weighted by Crippen LogP contribution is -1.90. The summed E-state index contributed by atoms with van der Waals surface area (Å²) in [7, 11) is 1.61. The second-order valence-corrected chi connectivity index (χ2v) is 3.57. The van der Waals surface area contributed by atoms with Gasteiger partial charge in [0.2, 0.25) is 0 Å². The Morgan fingerprint density at radius 3 is 2.29 bits per heavy atom. The van der Waals surface area contributed by atoms with E-state index in [1.807, 2.05) is 24.3 Å². The van der Waals surface area contributed by atoms with Gasteiger partial charge in [-0.3, -0.25) is 4.79 Å². The van der Waals surface area contributed by atoms with Crippen LogP contribution in [0.3, 0.4) is 0 Å². The van der Waals surface area contributed by atoms with Crippen molar-refractivity contribution in [3.8, 4) is 5.75 Å². The van der Waals surface area contributed by atoms with E-state index in [2.05, 4.69) is 4.74 Å². The third-order valence-corrected chi connectivity index (χ3v) is 2.30. The maximum atomic E-state index is 9.85. The van der Waals surface area contributed by atoms with E-state index in [0.29, 0.717) is 13.1 Å². The van der Waals surface area contributed by atoms with Crippen molar-refractivity contribution in [2.45, 2.75) is 19.4 Å².